The van der Waals surface area contributed by atoms with Gasteiger partial charge in [-0.2, -0.15) is 4.31 Å². The molecule has 2 saturated heterocycles. The highest BCUT2D eigenvalue weighted by Gasteiger charge is 2.53. The lowest BCUT2D eigenvalue weighted by molar-refractivity contribution is -0.0358. The Morgan fingerprint density at radius 1 is 1.32 bits per heavy atom. The number of piperidine rings is 1. The molecular formula is C19H28N2O6S. The number of hydrogen-bond donors (Lipinski definition) is 1. The van der Waals surface area contributed by atoms with E-state index in [2.05, 4.69) is 0 Å². The van der Waals surface area contributed by atoms with Crippen molar-refractivity contribution >= 4 is 16.1 Å². The van der Waals surface area contributed by atoms with E-state index in [1.807, 2.05) is 30.3 Å². The van der Waals surface area contributed by atoms with Crippen LogP contribution in [0.25, 0.3) is 0 Å². The highest BCUT2D eigenvalue weighted by atomic mass is 32.2. The van der Waals surface area contributed by atoms with Crippen molar-refractivity contribution in [1.82, 2.24) is 9.21 Å². The van der Waals surface area contributed by atoms with Crippen LogP contribution in [0.3, 0.4) is 0 Å². The Morgan fingerprint density at radius 3 is 2.75 bits per heavy atom. The Kier molecular flexibility index (Phi) is 6.59. The number of carbonyl (C=O) groups excluding carboxylic acids is 1. The molecule has 0 spiro atoms. The first-order valence-electron chi connectivity index (χ1n) is 9.47. The zero-order chi connectivity index (χ0) is 20.2. The second-order valence-electron chi connectivity index (χ2n) is 7.46. The van der Waals surface area contributed by atoms with Crippen LogP contribution in [-0.2, 0) is 26.1 Å². The van der Waals surface area contributed by atoms with E-state index in [0.29, 0.717) is 26.0 Å². The molecule has 1 amide bonds. The standard InChI is InChI=1S/C19H28N2O6S/c1-26-11-10-21-17-7-9-20(14-19(17,15-22)8-12-28(21,24)25)18(23)27-13-16-5-3-2-4-6-16/h2-6,17,22H,7-15H2,1H3/t17-,19+/m0/s1. The van der Waals surface area contributed by atoms with Crippen molar-refractivity contribution in [3.8, 4) is 0 Å². The Balaban J connectivity index is 1.70. The monoisotopic (exact) mass is 412 g/mol. The van der Waals surface area contributed by atoms with Gasteiger partial charge in [-0.1, -0.05) is 30.3 Å². The molecule has 2 fully saturated rings. The number of hydrogen-bond acceptors (Lipinski definition) is 6. The lowest BCUT2D eigenvalue weighted by Gasteiger charge is -2.53. The highest BCUT2D eigenvalue weighted by molar-refractivity contribution is 7.89. The van der Waals surface area contributed by atoms with Crippen molar-refractivity contribution in [2.24, 2.45) is 5.41 Å². The minimum Gasteiger partial charge on any atom is -0.445 e. The molecule has 2 atom stereocenters. The number of nitrogens with zero attached hydrogens (tertiary/aromatic N) is 2. The van der Waals surface area contributed by atoms with Crippen molar-refractivity contribution in [3.05, 3.63) is 35.9 Å². The summed E-state index contributed by atoms with van der Waals surface area (Å²) in [6.45, 7) is 1.21. The topological polar surface area (TPSA) is 96.4 Å². The van der Waals surface area contributed by atoms with Gasteiger partial charge in [-0.05, 0) is 18.4 Å². The number of methoxy groups -OCH3 is 1. The van der Waals surface area contributed by atoms with Crippen LogP contribution in [0.2, 0.25) is 0 Å². The molecule has 28 heavy (non-hydrogen) atoms. The number of ether oxygens (including phenoxy) is 2. The summed E-state index contributed by atoms with van der Waals surface area (Å²) >= 11 is 0. The fraction of sp³-hybridized carbons (Fsp3) is 0.632. The number of benzene rings is 1. The molecule has 0 aliphatic carbocycles. The predicted molar refractivity (Wildman–Crippen MR) is 103 cm³/mol. The van der Waals surface area contributed by atoms with E-state index in [1.54, 1.807) is 4.90 Å². The van der Waals surface area contributed by atoms with Gasteiger partial charge in [0.05, 0.1) is 19.0 Å². The normalized spacial score (nSPS) is 27.2. The summed E-state index contributed by atoms with van der Waals surface area (Å²) < 4.78 is 37.1. The minimum absolute atomic E-state index is 0.0410. The molecule has 9 heteroatoms. The third-order valence-corrected chi connectivity index (χ3v) is 7.61. The largest absolute Gasteiger partial charge is 0.445 e. The van der Waals surface area contributed by atoms with Gasteiger partial charge < -0.3 is 19.5 Å². The number of sulfonamides is 1. The summed E-state index contributed by atoms with van der Waals surface area (Å²) in [5, 5.41) is 10.2. The molecule has 8 nitrogen and oxygen atoms in total. The number of likely N-dealkylation sites (tertiary alicyclic amines) is 1. The van der Waals surface area contributed by atoms with Gasteiger partial charge in [0.1, 0.15) is 6.61 Å². The maximum absolute atomic E-state index is 12.6. The number of aliphatic hydroxyl groups excluding tert-OH is 1. The maximum atomic E-state index is 12.6. The minimum atomic E-state index is -3.39. The maximum Gasteiger partial charge on any atom is 0.410 e. The molecule has 156 valence electrons. The molecule has 1 aromatic carbocycles. The van der Waals surface area contributed by atoms with Crippen LogP contribution < -0.4 is 0 Å². The van der Waals surface area contributed by atoms with Crippen LogP contribution in [0, 0.1) is 5.41 Å². The van der Waals surface area contributed by atoms with Crippen molar-refractivity contribution in [2.45, 2.75) is 25.5 Å². The summed E-state index contributed by atoms with van der Waals surface area (Å²) in [5.41, 5.74) is 0.223. The summed E-state index contributed by atoms with van der Waals surface area (Å²) in [7, 11) is -1.86. The molecule has 1 N–H and O–H groups in total. The third kappa shape index (κ3) is 4.32. The zero-order valence-electron chi connectivity index (χ0n) is 16.1. The summed E-state index contributed by atoms with van der Waals surface area (Å²) in [5.74, 6) is -0.0410. The van der Waals surface area contributed by atoms with E-state index in [4.69, 9.17) is 9.47 Å². The summed E-state index contributed by atoms with van der Waals surface area (Å²) in [4.78, 5) is 14.1. The van der Waals surface area contributed by atoms with Crippen LogP contribution >= 0.6 is 0 Å². The number of amides is 1. The lowest BCUT2D eigenvalue weighted by Crippen LogP contribution is -2.65. The fourth-order valence-electron chi connectivity index (χ4n) is 4.16. The summed E-state index contributed by atoms with van der Waals surface area (Å²) in [6, 6.07) is 9.08. The number of aliphatic hydroxyl groups is 1. The Labute approximate surface area is 166 Å². The fourth-order valence-corrected chi connectivity index (χ4v) is 6.13. The van der Waals surface area contributed by atoms with Gasteiger partial charge in [0.25, 0.3) is 0 Å². The summed E-state index contributed by atoms with van der Waals surface area (Å²) in [6.07, 6.45) is 0.346. The van der Waals surface area contributed by atoms with Gasteiger partial charge in [0.15, 0.2) is 0 Å². The van der Waals surface area contributed by atoms with Crippen LogP contribution in [0.1, 0.15) is 18.4 Å². The molecular weight excluding hydrogens is 384 g/mol. The van der Waals surface area contributed by atoms with E-state index in [-0.39, 0.29) is 38.1 Å². The quantitative estimate of drug-likeness (QED) is 0.751. The zero-order valence-corrected chi connectivity index (χ0v) is 16.9. The Hall–Kier alpha value is -1.68. The highest BCUT2D eigenvalue weighted by Crippen LogP contribution is 2.42. The molecule has 2 aliphatic rings. The van der Waals surface area contributed by atoms with Crippen molar-refractivity contribution in [1.29, 1.82) is 0 Å². The molecule has 3 rings (SSSR count). The first-order chi connectivity index (χ1) is 13.4. The predicted octanol–water partition coefficient (Wildman–Crippen LogP) is 1.06. The van der Waals surface area contributed by atoms with Crippen molar-refractivity contribution in [2.75, 3.05) is 45.7 Å². The van der Waals surface area contributed by atoms with Gasteiger partial charge in [0.2, 0.25) is 10.0 Å². The number of fused-ring (bicyclic) bond motifs is 1. The van der Waals surface area contributed by atoms with Gasteiger partial charge in [-0.15, -0.1) is 0 Å². The van der Waals surface area contributed by atoms with Gasteiger partial charge in [-0.3, -0.25) is 0 Å². The molecule has 0 saturated carbocycles. The van der Waals surface area contributed by atoms with Crippen LogP contribution in [0.15, 0.2) is 30.3 Å². The third-order valence-electron chi connectivity index (χ3n) is 5.74. The molecule has 0 radical (unpaired) electrons. The first kappa shape index (κ1) is 21.0. The molecule has 0 bridgehead atoms. The van der Waals surface area contributed by atoms with Crippen LogP contribution in [0.5, 0.6) is 0 Å². The average Bonchev–Trinajstić information content (AvgIpc) is 2.71. The SMILES string of the molecule is COCCN1[C@H]2CCN(C(=O)OCc3ccccc3)C[C@@]2(CO)CCS1(=O)=O. The molecule has 0 unspecified atom stereocenters. The number of rotatable bonds is 6. The molecule has 1 aromatic rings. The number of carbonyl (C=O) groups is 1. The Morgan fingerprint density at radius 2 is 2.07 bits per heavy atom. The van der Waals surface area contributed by atoms with E-state index >= 15 is 0 Å². The molecule has 2 heterocycles. The van der Waals surface area contributed by atoms with Crippen molar-refractivity contribution in [3.63, 3.8) is 0 Å². The van der Waals surface area contributed by atoms with E-state index in [0.717, 1.165) is 5.56 Å². The first-order valence-corrected chi connectivity index (χ1v) is 11.1. The van der Waals surface area contributed by atoms with Crippen LogP contribution in [-0.4, -0.2) is 80.6 Å². The van der Waals surface area contributed by atoms with E-state index in [1.165, 1.54) is 11.4 Å². The van der Waals surface area contributed by atoms with Gasteiger partial charge in [-0.25, -0.2) is 13.2 Å². The lowest BCUT2D eigenvalue weighted by atomic mass is 9.73. The second-order valence-corrected chi connectivity index (χ2v) is 9.50. The van der Waals surface area contributed by atoms with Crippen LogP contribution in [0.4, 0.5) is 4.79 Å². The van der Waals surface area contributed by atoms with Gasteiger partial charge >= 0.3 is 6.09 Å². The van der Waals surface area contributed by atoms with Gasteiger partial charge in [0, 0.05) is 38.2 Å². The molecule has 0 aromatic heterocycles. The Bertz CT molecular complexity index is 772. The smallest absolute Gasteiger partial charge is 0.410 e. The molecule has 2 aliphatic heterocycles. The average molecular weight is 413 g/mol. The van der Waals surface area contributed by atoms with E-state index in [9.17, 15) is 18.3 Å². The second kappa shape index (κ2) is 8.77. The van der Waals surface area contributed by atoms with Crippen molar-refractivity contribution < 1.29 is 27.8 Å². The van der Waals surface area contributed by atoms with E-state index < -0.39 is 21.5 Å².